The number of nitrogens with zero attached hydrogens (tertiary/aromatic N) is 1. The summed E-state index contributed by atoms with van der Waals surface area (Å²) in [5, 5.41) is 32.1. The Kier molecular flexibility index (Phi) is 4.87. The molecule has 4 rings (SSSR count). The van der Waals surface area contributed by atoms with Gasteiger partial charge in [-0.2, -0.15) is 0 Å². The molecule has 8 heteroatoms. The van der Waals surface area contributed by atoms with E-state index in [1.807, 2.05) is 47.7 Å². The number of rotatable bonds is 2. The monoisotopic (exact) mass is 522 g/mol. The maximum Gasteiger partial charge on any atom is 0.252 e. The fraction of sp³-hybridized carbons (Fsp3) is 0.364. The zero-order valence-corrected chi connectivity index (χ0v) is 18.9. The molecule has 0 radical (unpaired) electrons. The van der Waals surface area contributed by atoms with Gasteiger partial charge in [0.05, 0.1) is 20.6 Å². The first-order chi connectivity index (χ1) is 14.0. The number of benzene rings is 1. The number of allylic oxidation sites excluding steroid dienone is 2. The topological polar surface area (TPSA) is 124 Å². The lowest BCUT2D eigenvalue weighted by Gasteiger charge is -2.43. The highest BCUT2D eigenvalue weighted by Crippen LogP contribution is 2.53. The molecule has 0 heterocycles. The Morgan fingerprint density at radius 2 is 1.93 bits per heavy atom. The van der Waals surface area contributed by atoms with Crippen LogP contribution in [-0.2, 0) is 16.0 Å². The van der Waals surface area contributed by atoms with Gasteiger partial charge >= 0.3 is 0 Å². The molecule has 0 saturated heterocycles. The van der Waals surface area contributed by atoms with Crippen molar-refractivity contribution in [3.05, 3.63) is 49.8 Å². The first-order valence-corrected chi connectivity index (χ1v) is 10.7. The number of Topliss-reactive ketones (excluding diaryl/α,β-unsaturated/α-hetero) is 1. The second-order valence-electron chi connectivity index (χ2n) is 8.39. The van der Waals surface area contributed by atoms with Crippen molar-refractivity contribution in [1.82, 2.24) is 0 Å². The predicted octanol–water partition coefficient (Wildman–Crippen LogP) is 2.97. The van der Waals surface area contributed by atoms with Gasteiger partial charge in [0, 0.05) is 31.8 Å². The molecule has 0 spiro atoms. The Balaban J connectivity index is 1.89. The van der Waals surface area contributed by atoms with Crippen molar-refractivity contribution in [2.24, 2.45) is 23.5 Å². The number of hydrogen-bond acceptors (Lipinski definition) is 6. The number of hydrogen-bond donors (Lipinski definition) is 4. The van der Waals surface area contributed by atoms with E-state index in [0.717, 1.165) is 11.3 Å². The Hall–Kier alpha value is -2.49. The molecule has 158 valence electrons. The summed E-state index contributed by atoms with van der Waals surface area (Å²) < 4.78 is 0.577. The van der Waals surface area contributed by atoms with Crippen LogP contribution in [0, 0.1) is 21.3 Å². The number of nitrogens with two attached hydrogens (primary N) is 1. The molecule has 30 heavy (non-hydrogen) atoms. The van der Waals surface area contributed by atoms with E-state index in [-0.39, 0.29) is 58.0 Å². The minimum Gasteiger partial charge on any atom is -0.511 e. The van der Waals surface area contributed by atoms with E-state index < -0.39 is 11.8 Å². The Labute approximate surface area is 187 Å². The van der Waals surface area contributed by atoms with Crippen LogP contribution in [0.3, 0.4) is 0 Å². The van der Waals surface area contributed by atoms with E-state index in [2.05, 4.69) is 6.58 Å². The molecule has 5 N–H and O–H groups in total. The molecule has 0 bridgehead atoms. The quantitative estimate of drug-likeness (QED) is 0.443. The number of halogens is 1. The Morgan fingerprint density at radius 1 is 1.27 bits per heavy atom. The molecule has 1 amide bonds. The first kappa shape index (κ1) is 20.8. The number of primary amides is 1. The minimum absolute atomic E-state index is 0.0487. The van der Waals surface area contributed by atoms with E-state index in [1.165, 1.54) is 0 Å². The van der Waals surface area contributed by atoms with Crippen LogP contribution < -0.4 is 10.6 Å². The third kappa shape index (κ3) is 2.84. The number of carbonyl (C=O) groups is 2. The molecule has 1 aromatic rings. The molecular weight excluding hydrogens is 499 g/mol. The summed E-state index contributed by atoms with van der Waals surface area (Å²) in [7, 11) is 3.78. The van der Waals surface area contributed by atoms with Crippen LogP contribution in [-0.4, -0.2) is 41.1 Å². The van der Waals surface area contributed by atoms with Crippen molar-refractivity contribution in [2.45, 2.75) is 19.3 Å². The number of phenols is 1. The first-order valence-electron chi connectivity index (χ1n) is 9.65. The molecular formula is C22H23IN2O5. The largest absolute Gasteiger partial charge is 0.511 e. The third-order valence-electron chi connectivity index (χ3n) is 6.46. The number of aromatic hydroxyl groups is 1. The fourth-order valence-corrected chi connectivity index (χ4v) is 5.81. The molecule has 3 atom stereocenters. The predicted molar refractivity (Wildman–Crippen MR) is 121 cm³/mol. The minimum atomic E-state index is -0.819. The lowest BCUT2D eigenvalue weighted by molar-refractivity contribution is -0.122. The van der Waals surface area contributed by atoms with E-state index in [1.54, 1.807) is 0 Å². The summed E-state index contributed by atoms with van der Waals surface area (Å²) in [6.07, 6.45) is 1.20. The molecule has 0 aliphatic heterocycles. The van der Waals surface area contributed by atoms with Crippen LogP contribution in [0.25, 0.3) is 5.76 Å². The van der Waals surface area contributed by atoms with Gasteiger partial charge in [0.2, 0.25) is 0 Å². The van der Waals surface area contributed by atoms with Gasteiger partial charge in [0.25, 0.3) is 5.91 Å². The highest BCUT2D eigenvalue weighted by Gasteiger charge is 2.49. The van der Waals surface area contributed by atoms with Crippen molar-refractivity contribution >= 4 is 45.7 Å². The van der Waals surface area contributed by atoms with Crippen LogP contribution in [0.15, 0.2) is 35.1 Å². The number of phenolic OH excluding ortho intramolecular Hbond substituents is 1. The molecule has 1 aromatic carbocycles. The number of carbonyl (C=O) groups excluding carboxylic acids is 2. The number of fused-ring (bicyclic) bond motifs is 3. The van der Waals surface area contributed by atoms with Gasteiger partial charge < -0.3 is 26.0 Å². The second-order valence-corrected chi connectivity index (χ2v) is 9.55. The summed E-state index contributed by atoms with van der Waals surface area (Å²) in [4.78, 5) is 27.2. The smallest absolute Gasteiger partial charge is 0.252 e. The van der Waals surface area contributed by atoms with E-state index in [9.17, 15) is 24.9 Å². The number of aliphatic hydroxyl groups is 2. The number of anilines is 1. The zero-order chi connectivity index (χ0) is 22.1. The molecule has 7 nitrogen and oxygen atoms in total. The van der Waals surface area contributed by atoms with Gasteiger partial charge in [-0.05, 0) is 64.5 Å². The van der Waals surface area contributed by atoms with E-state index in [0.29, 0.717) is 22.0 Å². The van der Waals surface area contributed by atoms with Crippen LogP contribution in [0.1, 0.15) is 24.0 Å². The summed E-state index contributed by atoms with van der Waals surface area (Å²) in [5.74, 6) is -2.73. The standard InChI is InChI=1S/C22H23IN2O5/c1-8-15-10(6-14(26)16(8)22(24)30)4-9-5-11-13(25(2)3)7-12(23)19(27)18(11)21(29)17(9)20(15)28/h7,9-10,15,26-27,29H,1,4-6H2,2-3H3,(H2,24,30)/t9-,10?,15?/m1/s1. The van der Waals surface area contributed by atoms with Gasteiger partial charge in [-0.1, -0.05) is 6.58 Å². The van der Waals surface area contributed by atoms with Crippen molar-refractivity contribution < 1.29 is 24.9 Å². The lowest BCUT2D eigenvalue weighted by Crippen LogP contribution is -2.42. The van der Waals surface area contributed by atoms with Crippen LogP contribution in [0.2, 0.25) is 0 Å². The third-order valence-corrected chi connectivity index (χ3v) is 7.29. The fourth-order valence-electron chi connectivity index (χ4n) is 5.24. The van der Waals surface area contributed by atoms with E-state index in [4.69, 9.17) is 5.73 Å². The maximum atomic E-state index is 13.5. The van der Waals surface area contributed by atoms with Crippen LogP contribution in [0.4, 0.5) is 5.69 Å². The van der Waals surface area contributed by atoms with Crippen molar-refractivity contribution in [2.75, 3.05) is 19.0 Å². The van der Waals surface area contributed by atoms with E-state index >= 15 is 0 Å². The number of amides is 1. The average Bonchev–Trinajstić information content (AvgIpc) is 2.63. The SMILES string of the molecule is C=C1C(C(N)=O)=C(O)CC2C[C@@H]3Cc4c(N(C)C)cc(I)c(O)c4C(O)=C3C(=O)C12. The van der Waals surface area contributed by atoms with Gasteiger partial charge in [-0.15, -0.1) is 0 Å². The van der Waals surface area contributed by atoms with Crippen molar-refractivity contribution in [3.63, 3.8) is 0 Å². The molecule has 3 aliphatic rings. The summed E-state index contributed by atoms with van der Waals surface area (Å²) in [6, 6.07) is 1.86. The summed E-state index contributed by atoms with van der Waals surface area (Å²) in [6.45, 7) is 3.88. The molecule has 3 aliphatic carbocycles. The number of aliphatic hydroxyl groups excluding tert-OH is 2. The second kappa shape index (κ2) is 7.04. The lowest BCUT2D eigenvalue weighted by atomic mass is 9.60. The zero-order valence-electron chi connectivity index (χ0n) is 16.7. The van der Waals surface area contributed by atoms with Crippen molar-refractivity contribution in [1.29, 1.82) is 0 Å². The average molecular weight is 522 g/mol. The molecule has 1 saturated carbocycles. The van der Waals surface area contributed by atoms with Gasteiger partial charge in [0.15, 0.2) is 5.78 Å². The Bertz CT molecular complexity index is 1090. The maximum absolute atomic E-state index is 13.5. The Morgan fingerprint density at radius 3 is 2.53 bits per heavy atom. The number of ketones is 1. The molecule has 0 aromatic heterocycles. The summed E-state index contributed by atoms with van der Waals surface area (Å²) >= 11 is 2.00. The molecule has 2 unspecified atom stereocenters. The van der Waals surface area contributed by atoms with Crippen LogP contribution in [0.5, 0.6) is 5.75 Å². The van der Waals surface area contributed by atoms with Crippen LogP contribution >= 0.6 is 22.6 Å². The highest BCUT2D eigenvalue weighted by molar-refractivity contribution is 14.1. The highest BCUT2D eigenvalue weighted by atomic mass is 127. The van der Waals surface area contributed by atoms with Gasteiger partial charge in [-0.3, -0.25) is 9.59 Å². The van der Waals surface area contributed by atoms with Gasteiger partial charge in [0.1, 0.15) is 17.3 Å². The molecule has 1 fully saturated rings. The van der Waals surface area contributed by atoms with Crippen molar-refractivity contribution in [3.8, 4) is 5.75 Å². The summed E-state index contributed by atoms with van der Waals surface area (Å²) in [5.41, 5.74) is 7.72. The van der Waals surface area contributed by atoms with Gasteiger partial charge in [-0.25, -0.2) is 0 Å². The normalized spacial score (nSPS) is 25.6.